The molecule has 194 valence electrons. The third kappa shape index (κ3) is 5.21. The Labute approximate surface area is 229 Å². The zero-order chi connectivity index (χ0) is 26.9. The van der Waals surface area contributed by atoms with E-state index in [0.717, 1.165) is 10.3 Å². The molecule has 2 aromatic heterocycles. The van der Waals surface area contributed by atoms with E-state index in [-0.39, 0.29) is 11.4 Å². The lowest BCUT2D eigenvalue weighted by Crippen LogP contribution is -2.30. The van der Waals surface area contributed by atoms with Gasteiger partial charge in [0.2, 0.25) is 15.2 Å². The molecule has 1 N–H and O–H groups in total. The number of sulfonamides is 1. The van der Waals surface area contributed by atoms with Crippen molar-refractivity contribution in [1.29, 1.82) is 0 Å². The van der Waals surface area contributed by atoms with E-state index in [9.17, 15) is 13.2 Å². The number of benzene rings is 3. The van der Waals surface area contributed by atoms with Crippen molar-refractivity contribution in [3.05, 3.63) is 101 Å². The number of carbonyl (C=O) groups is 1. The minimum Gasteiger partial charge on any atom is -0.306 e. The van der Waals surface area contributed by atoms with Crippen molar-refractivity contribution in [3.8, 4) is 5.13 Å². The number of anilines is 1. The normalized spacial score (nSPS) is 11.8. The number of aromatic nitrogens is 3. The van der Waals surface area contributed by atoms with Gasteiger partial charge in [0, 0.05) is 24.7 Å². The van der Waals surface area contributed by atoms with Crippen molar-refractivity contribution in [2.45, 2.75) is 25.3 Å². The molecule has 0 aliphatic carbocycles. The maximum atomic E-state index is 13.2. The number of thiazole rings is 1. The highest BCUT2D eigenvalue weighted by molar-refractivity contribution is 7.89. The molecule has 0 spiro atoms. The van der Waals surface area contributed by atoms with Crippen LogP contribution in [0, 0.1) is 6.92 Å². The van der Waals surface area contributed by atoms with Crippen LogP contribution in [0.25, 0.3) is 15.3 Å². The Morgan fingerprint density at radius 1 is 1.05 bits per heavy atom. The summed E-state index contributed by atoms with van der Waals surface area (Å²) in [7, 11) is -3.74. The average Bonchev–Trinajstić information content (AvgIpc) is 3.51. The summed E-state index contributed by atoms with van der Waals surface area (Å²) in [6.07, 6.45) is 0. The quantitative estimate of drug-likeness (QED) is 0.252. The number of amides is 1. The predicted molar refractivity (Wildman–Crippen MR) is 151 cm³/mol. The number of para-hydroxylation sites is 1. The maximum Gasteiger partial charge on any atom is 0.256 e. The number of carbonyl (C=O) groups excluding carboxylic acids is 1. The largest absolute Gasteiger partial charge is 0.306 e. The lowest BCUT2D eigenvalue weighted by Gasteiger charge is -2.20. The fourth-order valence-electron chi connectivity index (χ4n) is 4.00. The van der Waals surface area contributed by atoms with E-state index in [1.807, 2.05) is 49.4 Å². The van der Waals surface area contributed by atoms with Gasteiger partial charge in [-0.1, -0.05) is 66.3 Å². The molecule has 0 aliphatic rings. The summed E-state index contributed by atoms with van der Waals surface area (Å²) >= 11 is 7.69. The van der Waals surface area contributed by atoms with Gasteiger partial charge in [0.25, 0.3) is 5.91 Å². The number of fused-ring (bicyclic) bond motifs is 1. The Morgan fingerprint density at radius 3 is 2.47 bits per heavy atom. The first-order valence-electron chi connectivity index (χ1n) is 11.8. The van der Waals surface area contributed by atoms with Crippen LogP contribution in [0.3, 0.4) is 0 Å². The molecule has 0 fully saturated rings. The summed E-state index contributed by atoms with van der Waals surface area (Å²) in [5.41, 5.74) is 2.58. The summed E-state index contributed by atoms with van der Waals surface area (Å²) < 4.78 is 30.4. The molecule has 38 heavy (non-hydrogen) atoms. The second kappa shape index (κ2) is 10.7. The van der Waals surface area contributed by atoms with Crippen LogP contribution in [0.2, 0.25) is 5.02 Å². The van der Waals surface area contributed by atoms with E-state index in [4.69, 9.17) is 11.6 Å². The summed E-state index contributed by atoms with van der Waals surface area (Å²) in [4.78, 5) is 17.8. The topological polar surface area (TPSA) is 97.2 Å². The SMILES string of the molecule is CCN(Cc1ccccc1)S(=O)(=O)c1ccc(C(=O)Nc2cc(C)nn2-c2nc3c(Cl)cccc3s2)cc1. The predicted octanol–water partition coefficient (Wildman–Crippen LogP) is 5.91. The van der Waals surface area contributed by atoms with Crippen LogP contribution in [0.4, 0.5) is 5.82 Å². The fourth-order valence-corrected chi connectivity index (χ4v) is 6.67. The highest BCUT2D eigenvalue weighted by Crippen LogP contribution is 2.31. The summed E-state index contributed by atoms with van der Waals surface area (Å²) in [5, 5.41) is 8.46. The second-order valence-electron chi connectivity index (χ2n) is 8.56. The number of nitrogens with zero attached hydrogens (tertiary/aromatic N) is 4. The minimum absolute atomic E-state index is 0.124. The standard InChI is InChI=1S/C27H24ClN5O3S2/c1-3-32(17-19-8-5-4-6-9-19)38(35,36)21-14-12-20(13-15-21)26(34)29-24-16-18(2)31-33(24)27-30-25-22(28)10-7-11-23(25)37-27/h4-16H,3,17H2,1-2H3,(H,29,34). The van der Waals surface area contributed by atoms with E-state index < -0.39 is 15.9 Å². The van der Waals surface area contributed by atoms with Gasteiger partial charge in [0.05, 0.1) is 20.3 Å². The van der Waals surface area contributed by atoms with E-state index >= 15 is 0 Å². The Hall–Kier alpha value is -3.57. The Bertz CT molecular complexity index is 1720. The molecule has 0 unspecified atom stereocenters. The molecule has 3 aromatic carbocycles. The van der Waals surface area contributed by atoms with Crippen molar-refractivity contribution < 1.29 is 13.2 Å². The zero-order valence-electron chi connectivity index (χ0n) is 20.6. The smallest absolute Gasteiger partial charge is 0.256 e. The molecule has 5 aromatic rings. The molecule has 1 amide bonds. The molecule has 0 bridgehead atoms. The maximum absolute atomic E-state index is 13.2. The number of hydrogen-bond donors (Lipinski definition) is 1. The van der Waals surface area contributed by atoms with Crippen LogP contribution in [0.5, 0.6) is 0 Å². The van der Waals surface area contributed by atoms with Crippen molar-refractivity contribution in [3.63, 3.8) is 0 Å². The molecular weight excluding hydrogens is 542 g/mol. The van der Waals surface area contributed by atoms with Crippen LogP contribution in [-0.2, 0) is 16.6 Å². The van der Waals surface area contributed by atoms with E-state index in [1.54, 1.807) is 23.7 Å². The molecule has 8 nitrogen and oxygen atoms in total. The van der Waals surface area contributed by atoms with Crippen molar-refractivity contribution in [2.75, 3.05) is 11.9 Å². The first-order chi connectivity index (χ1) is 18.3. The van der Waals surface area contributed by atoms with Gasteiger partial charge < -0.3 is 5.32 Å². The molecule has 0 saturated heterocycles. The van der Waals surface area contributed by atoms with Crippen molar-refractivity contribution >= 4 is 54.9 Å². The summed E-state index contributed by atoms with van der Waals surface area (Å²) in [6.45, 7) is 4.20. The van der Waals surface area contributed by atoms with Gasteiger partial charge in [-0.2, -0.15) is 14.1 Å². The fraction of sp³-hybridized carbons (Fsp3) is 0.148. The third-order valence-electron chi connectivity index (χ3n) is 5.92. The lowest BCUT2D eigenvalue weighted by molar-refractivity contribution is 0.102. The van der Waals surface area contributed by atoms with Crippen molar-refractivity contribution in [2.24, 2.45) is 0 Å². The van der Waals surface area contributed by atoms with Gasteiger partial charge in [0.1, 0.15) is 11.3 Å². The van der Waals surface area contributed by atoms with E-state index in [1.165, 1.54) is 39.9 Å². The van der Waals surface area contributed by atoms with Gasteiger partial charge in [-0.15, -0.1) is 0 Å². The van der Waals surface area contributed by atoms with Gasteiger partial charge in [0.15, 0.2) is 0 Å². The summed E-state index contributed by atoms with van der Waals surface area (Å²) in [6, 6.07) is 22.6. The number of aryl methyl sites for hydroxylation is 1. The van der Waals surface area contributed by atoms with Crippen LogP contribution >= 0.6 is 22.9 Å². The molecule has 0 atom stereocenters. The Morgan fingerprint density at radius 2 is 1.79 bits per heavy atom. The second-order valence-corrected chi connectivity index (χ2v) is 11.9. The van der Waals surface area contributed by atoms with Crippen LogP contribution < -0.4 is 5.32 Å². The first kappa shape index (κ1) is 26.1. The van der Waals surface area contributed by atoms with Gasteiger partial charge >= 0.3 is 0 Å². The molecule has 11 heteroatoms. The first-order valence-corrected chi connectivity index (χ1v) is 14.5. The van der Waals surface area contributed by atoms with Crippen LogP contribution in [-0.4, -0.2) is 39.9 Å². The van der Waals surface area contributed by atoms with E-state index in [2.05, 4.69) is 15.4 Å². The summed E-state index contributed by atoms with van der Waals surface area (Å²) in [5.74, 6) is 0.0465. The minimum atomic E-state index is -3.74. The number of rotatable bonds is 8. The highest BCUT2D eigenvalue weighted by atomic mass is 35.5. The molecule has 0 radical (unpaired) electrons. The number of nitrogens with one attached hydrogen (secondary N) is 1. The Kier molecular flexibility index (Phi) is 7.31. The lowest BCUT2D eigenvalue weighted by atomic mass is 10.2. The molecule has 2 heterocycles. The average molecular weight is 566 g/mol. The van der Waals surface area contributed by atoms with Gasteiger partial charge in [-0.25, -0.2) is 13.4 Å². The van der Waals surface area contributed by atoms with E-state index in [0.29, 0.717) is 39.3 Å². The van der Waals surface area contributed by atoms with Crippen LogP contribution in [0.1, 0.15) is 28.5 Å². The number of halogens is 1. The molecular formula is C27H24ClN5O3S2. The third-order valence-corrected chi connectivity index (χ3v) is 9.16. The molecule has 0 saturated carbocycles. The zero-order valence-corrected chi connectivity index (χ0v) is 23.0. The molecule has 5 rings (SSSR count). The van der Waals surface area contributed by atoms with Crippen molar-refractivity contribution in [1.82, 2.24) is 19.1 Å². The van der Waals surface area contributed by atoms with Crippen LogP contribution in [0.15, 0.2) is 83.8 Å². The number of hydrogen-bond acceptors (Lipinski definition) is 6. The Balaban J connectivity index is 1.36. The van der Waals surface area contributed by atoms with Gasteiger partial charge in [-0.05, 0) is 48.9 Å². The monoisotopic (exact) mass is 565 g/mol. The highest BCUT2D eigenvalue weighted by Gasteiger charge is 2.24. The molecule has 0 aliphatic heterocycles. The van der Waals surface area contributed by atoms with Gasteiger partial charge in [-0.3, -0.25) is 4.79 Å².